The van der Waals surface area contributed by atoms with Crippen molar-refractivity contribution in [2.45, 2.75) is 25.8 Å². The highest BCUT2D eigenvalue weighted by Gasteiger charge is 2.21. The lowest BCUT2D eigenvalue weighted by Crippen LogP contribution is -2.47. The molecule has 0 aliphatic rings. The number of carbonyl (C=O) groups is 3. The molecular weight excluding hydrogens is 226 g/mol. The van der Waals surface area contributed by atoms with Crippen LogP contribution in [0.5, 0.6) is 0 Å². The summed E-state index contributed by atoms with van der Waals surface area (Å²) in [7, 11) is 0. The molecule has 0 aromatic rings. The van der Waals surface area contributed by atoms with Crippen LogP contribution >= 0.6 is 0 Å². The maximum atomic E-state index is 11.2. The van der Waals surface area contributed by atoms with Crippen LogP contribution in [-0.2, 0) is 9.59 Å². The normalized spacial score (nSPS) is 12.1. The van der Waals surface area contributed by atoms with Crippen LogP contribution in [0.15, 0.2) is 12.2 Å². The standard InChI is InChI=1S/C10H17N3O4/c1-2-3-4-5-12-10(17)13-7(9(15)16)6-8(11)14/h2-3,7H,4-6H2,1H3,(H2,11,14)(H,15,16)(H2,12,13,17)/b3-2+/t7-/m1/s1. The molecule has 17 heavy (non-hydrogen) atoms. The van der Waals surface area contributed by atoms with Gasteiger partial charge in [-0.25, -0.2) is 9.59 Å². The van der Waals surface area contributed by atoms with E-state index in [-0.39, 0.29) is 0 Å². The summed E-state index contributed by atoms with van der Waals surface area (Å²) in [6.07, 6.45) is 3.92. The number of urea groups is 1. The Hall–Kier alpha value is -2.05. The van der Waals surface area contributed by atoms with Gasteiger partial charge in [-0.15, -0.1) is 0 Å². The predicted octanol–water partition coefficient (Wildman–Crippen LogP) is -0.420. The molecular formula is C10H17N3O4. The highest BCUT2D eigenvalue weighted by molar-refractivity contribution is 5.87. The first kappa shape index (κ1) is 14.9. The summed E-state index contributed by atoms with van der Waals surface area (Å²) >= 11 is 0. The summed E-state index contributed by atoms with van der Waals surface area (Å²) in [5.74, 6) is -2.08. The smallest absolute Gasteiger partial charge is 0.326 e. The fraction of sp³-hybridized carbons (Fsp3) is 0.500. The Morgan fingerprint density at radius 1 is 1.41 bits per heavy atom. The van der Waals surface area contributed by atoms with Crippen LogP contribution < -0.4 is 16.4 Å². The zero-order chi connectivity index (χ0) is 13.3. The van der Waals surface area contributed by atoms with Crippen LogP contribution in [0.4, 0.5) is 4.79 Å². The number of hydrogen-bond acceptors (Lipinski definition) is 3. The Bertz CT molecular complexity index is 315. The molecule has 0 spiro atoms. The lowest BCUT2D eigenvalue weighted by Gasteiger charge is -2.13. The van der Waals surface area contributed by atoms with E-state index in [1.165, 1.54) is 0 Å². The molecule has 0 saturated carbocycles. The zero-order valence-corrected chi connectivity index (χ0v) is 9.60. The van der Waals surface area contributed by atoms with Crippen molar-refractivity contribution in [1.82, 2.24) is 10.6 Å². The third-order valence-electron chi connectivity index (χ3n) is 1.84. The van der Waals surface area contributed by atoms with E-state index in [1.807, 2.05) is 19.1 Å². The summed E-state index contributed by atoms with van der Waals surface area (Å²) in [4.78, 5) is 32.5. The van der Waals surface area contributed by atoms with Gasteiger partial charge in [0, 0.05) is 6.54 Å². The summed E-state index contributed by atoms with van der Waals surface area (Å²) < 4.78 is 0. The van der Waals surface area contributed by atoms with E-state index in [9.17, 15) is 14.4 Å². The second-order valence-electron chi connectivity index (χ2n) is 3.32. The number of allylic oxidation sites excluding steroid dienone is 1. The second kappa shape index (κ2) is 8.14. The van der Waals surface area contributed by atoms with E-state index in [0.717, 1.165) is 0 Å². The molecule has 0 rings (SSSR count). The quantitative estimate of drug-likeness (QED) is 0.358. The van der Waals surface area contributed by atoms with Crippen molar-refractivity contribution in [1.29, 1.82) is 0 Å². The molecule has 0 aliphatic carbocycles. The van der Waals surface area contributed by atoms with Gasteiger partial charge in [-0.05, 0) is 13.3 Å². The second-order valence-corrected chi connectivity index (χ2v) is 3.32. The third-order valence-corrected chi connectivity index (χ3v) is 1.84. The Balaban J connectivity index is 4.04. The molecule has 1 atom stereocenters. The number of nitrogens with one attached hydrogen (secondary N) is 2. The van der Waals surface area contributed by atoms with Gasteiger partial charge in [0.2, 0.25) is 5.91 Å². The number of nitrogens with two attached hydrogens (primary N) is 1. The van der Waals surface area contributed by atoms with Gasteiger partial charge in [0.05, 0.1) is 6.42 Å². The molecule has 7 heteroatoms. The van der Waals surface area contributed by atoms with Crippen LogP contribution in [0.2, 0.25) is 0 Å². The number of hydrogen-bond donors (Lipinski definition) is 4. The van der Waals surface area contributed by atoms with Gasteiger partial charge in [-0.2, -0.15) is 0 Å². The van der Waals surface area contributed by atoms with E-state index in [1.54, 1.807) is 0 Å². The van der Waals surface area contributed by atoms with E-state index < -0.39 is 30.4 Å². The molecule has 0 saturated heterocycles. The molecule has 0 unspecified atom stereocenters. The van der Waals surface area contributed by atoms with Crippen molar-refractivity contribution in [3.8, 4) is 0 Å². The molecule has 0 fully saturated rings. The monoisotopic (exact) mass is 243 g/mol. The lowest BCUT2D eigenvalue weighted by molar-refractivity contribution is -0.140. The van der Waals surface area contributed by atoms with Crippen LogP contribution in [-0.4, -0.2) is 35.6 Å². The van der Waals surface area contributed by atoms with Crippen molar-refractivity contribution >= 4 is 17.9 Å². The molecule has 0 aromatic heterocycles. The van der Waals surface area contributed by atoms with Gasteiger partial charge in [-0.1, -0.05) is 12.2 Å². The highest BCUT2D eigenvalue weighted by Crippen LogP contribution is 1.91. The first-order valence-corrected chi connectivity index (χ1v) is 5.14. The van der Waals surface area contributed by atoms with Crippen molar-refractivity contribution in [3.63, 3.8) is 0 Å². The van der Waals surface area contributed by atoms with Crippen LogP contribution in [0.1, 0.15) is 19.8 Å². The number of carboxylic acid groups (broad SMARTS) is 1. The molecule has 0 radical (unpaired) electrons. The number of carbonyl (C=O) groups excluding carboxylic acids is 2. The molecule has 5 N–H and O–H groups in total. The number of rotatable bonds is 7. The Morgan fingerprint density at radius 2 is 2.06 bits per heavy atom. The minimum Gasteiger partial charge on any atom is -0.480 e. The van der Waals surface area contributed by atoms with Gasteiger partial charge in [-0.3, -0.25) is 4.79 Å². The minimum atomic E-state index is -1.30. The average Bonchev–Trinajstić information content (AvgIpc) is 2.22. The Kier molecular flexibility index (Phi) is 7.16. The van der Waals surface area contributed by atoms with Gasteiger partial charge in [0.1, 0.15) is 6.04 Å². The van der Waals surface area contributed by atoms with Crippen LogP contribution in [0.3, 0.4) is 0 Å². The van der Waals surface area contributed by atoms with Crippen LogP contribution in [0, 0.1) is 0 Å². The Labute approximate surface area is 99.1 Å². The summed E-state index contributed by atoms with van der Waals surface area (Å²) in [6.45, 7) is 2.24. The summed E-state index contributed by atoms with van der Waals surface area (Å²) in [6, 6.07) is -1.93. The first-order chi connectivity index (χ1) is 7.97. The third kappa shape index (κ3) is 7.83. The van der Waals surface area contributed by atoms with E-state index >= 15 is 0 Å². The SMILES string of the molecule is C/C=C/CCNC(=O)N[C@H](CC(N)=O)C(=O)O. The Morgan fingerprint density at radius 3 is 2.53 bits per heavy atom. The molecule has 96 valence electrons. The summed E-state index contributed by atoms with van der Waals surface area (Å²) in [5.41, 5.74) is 4.86. The molecule has 7 nitrogen and oxygen atoms in total. The molecule has 0 bridgehead atoms. The van der Waals surface area contributed by atoms with Gasteiger partial charge < -0.3 is 21.5 Å². The lowest BCUT2D eigenvalue weighted by atomic mass is 10.2. The maximum Gasteiger partial charge on any atom is 0.326 e. The molecule has 0 aliphatic heterocycles. The van der Waals surface area contributed by atoms with Crippen LogP contribution in [0.25, 0.3) is 0 Å². The van der Waals surface area contributed by atoms with Gasteiger partial charge in [0.15, 0.2) is 0 Å². The largest absolute Gasteiger partial charge is 0.480 e. The van der Waals surface area contributed by atoms with E-state index in [2.05, 4.69) is 10.6 Å². The topological polar surface area (TPSA) is 122 Å². The molecule has 3 amide bonds. The van der Waals surface area contributed by atoms with Gasteiger partial charge in [0.25, 0.3) is 0 Å². The van der Waals surface area contributed by atoms with Crippen molar-refractivity contribution in [3.05, 3.63) is 12.2 Å². The number of primary amides is 1. The summed E-state index contributed by atoms with van der Waals surface area (Å²) in [5, 5.41) is 13.3. The van der Waals surface area contributed by atoms with Crippen molar-refractivity contribution in [2.24, 2.45) is 5.73 Å². The average molecular weight is 243 g/mol. The molecule has 0 aromatic carbocycles. The van der Waals surface area contributed by atoms with Crippen molar-refractivity contribution < 1.29 is 19.5 Å². The fourth-order valence-electron chi connectivity index (χ4n) is 1.05. The number of amides is 3. The maximum absolute atomic E-state index is 11.2. The van der Waals surface area contributed by atoms with Crippen molar-refractivity contribution in [2.75, 3.05) is 6.54 Å². The number of carboxylic acids is 1. The highest BCUT2D eigenvalue weighted by atomic mass is 16.4. The first-order valence-electron chi connectivity index (χ1n) is 5.14. The van der Waals surface area contributed by atoms with Gasteiger partial charge >= 0.3 is 12.0 Å². The van der Waals surface area contributed by atoms with E-state index in [4.69, 9.17) is 10.8 Å². The minimum absolute atomic E-state index is 0.388. The number of aliphatic carboxylic acids is 1. The fourth-order valence-corrected chi connectivity index (χ4v) is 1.05. The van der Waals surface area contributed by atoms with E-state index in [0.29, 0.717) is 13.0 Å². The predicted molar refractivity (Wildman–Crippen MR) is 61.2 cm³/mol. The molecule has 0 heterocycles. The zero-order valence-electron chi connectivity index (χ0n) is 9.60.